The molecule has 0 heterocycles. The Morgan fingerprint density at radius 1 is 1.54 bits per heavy atom. The van der Waals surface area contributed by atoms with Crippen LogP contribution < -0.4 is 5.73 Å². The maximum atomic E-state index is 13.2. The lowest BCUT2D eigenvalue weighted by atomic mass is 9.77. The average Bonchev–Trinajstić information content (AvgIpc) is 2.01. The highest BCUT2D eigenvalue weighted by atomic mass is 19.1. The smallest absolute Gasteiger partial charge is 0.223 e. The Hall–Kier alpha value is -0.710. The van der Waals surface area contributed by atoms with Crippen LogP contribution in [0.4, 0.5) is 8.78 Å². The Balaban J connectivity index is 2.71. The van der Waals surface area contributed by atoms with Gasteiger partial charge in [-0.25, -0.2) is 4.39 Å². The third kappa shape index (κ3) is 2.15. The number of carbonyl (C=O) groups is 1. The van der Waals surface area contributed by atoms with E-state index in [1.54, 1.807) is 0 Å². The third-order valence-corrected chi connectivity index (χ3v) is 2.50. The van der Waals surface area contributed by atoms with Gasteiger partial charge >= 0.3 is 0 Å². The number of hydrogen-bond acceptors (Lipinski definition) is 2. The van der Waals surface area contributed by atoms with Crippen molar-refractivity contribution < 1.29 is 18.7 Å². The number of aliphatic hydroxyl groups is 1. The number of primary amides is 1. The van der Waals surface area contributed by atoms with E-state index in [4.69, 9.17) is 10.8 Å². The van der Waals surface area contributed by atoms with Gasteiger partial charge in [0.25, 0.3) is 0 Å². The molecule has 0 aromatic rings. The fourth-order valence-electron chi connectivity index (χ4n) is 1.86. The largest absolute Gasteiger partial charge is 0.393 e. The van der Waals surface area contributed by atoms with Gasteiger partial charge in [-0.1, -0.05) is 0 Å². The van der Waals surface area contributed by atoms with Gasteiger partial charge in [-0.15, -0.1) is 0 Å². The van der Waals surface area contributed by atoms with E-state index in [2.05, 4.69) is 0 Å². The lowest BCUT2D eigenvalue weighted by molar-refractivity contribution is -0.129. The fraction of sp³-hybridized carbons (Fsp3) is 0.875. The van der Waals surface area contributed by atoms with Gasteiger partial charge in [-0.2, -0.15) is 0 Å². The molecule has 4 unspecified atom stereocenters. The number of halogens is 2. The quantitative estimate of drug-likeness (QED) is 0.656. The average molecular weight is 193 g/mol. The van der Waals surface area contributed by atoms with Crippen LogP contribution in [0.15, 0.2) is 0 Å². The summed E-state index contributed by atoms with van der Waals surface area (Å²) in [6.07, 6.45) is -2.37. The molecule has 0 aromatic heterocycles. The Morgan fingerprint density at radius 3 is 2.62 bits per heavy atom. The van der Waals surface area contributed by atoms with Crippen molar-refractivity contribution in [2.24, 2.45) is 17.6 Å². The number of amides is 1. The second kappa shape index (κ2) is 4.00. The van der Waals surface area contributed by atoms with Crippen molar-refractivity contribution in [2.75, 3.05) is 6.67 Å². The first-order valence-electron chi connectivity index (χ1n) is 4.23. The number of rotatable bonds is 2. The number of aliphatic hydroxyl groups excluding tert-OH is 1. The Bertz CT molecular complexity index is 201. The summed E-state index contributed by atoms with van der Waals surface area (Å²) in [5.74, 6) is -2.66. The topological polar surface area (TPSA) is 63.3 Å². The SMILES string of the molecule is NC(=O)C1C(F)CC(O)CC1CF. The standard InChI is InChI=1S/C8H13F2NO2/c9-3-4-1-5(12)2-6(10)7(4)8(11)13/h4-7,12H,1-3H2,(H2,11,13). The molecule has 0 saturated heterocycles. The molecule has 0 aromatic carbocycles. The van der Waals surface area contributed by atoms with E-state index in [0.717, 1.165) is 0 Å². The molecule has 1 aliphatic carbocycles. The van der Waals surface area contributed by atoms with Gasteiger partial charge < -0.3 is 10.8 Å². The molecule has 0 radical (unpaired) electrons. The maximum Gasteiger partial charge on any atom is 0.223 e. The zero-order chi connectivity index (χ0) is 10.0. The number of alkyl halides is 2. The minimum absolute atomic E-state index is 0.116. The molecular weight excluding hydrogens is 180 g/mol. The first-order valence-corrected chi connectivity index (χ1v) is 4.23. The molecule has 1 fully saturated rings. The van der Waals surface area contributed by atoms with Crippen LogP contribution in [0, 0.1) is 11.8 Å². The number of carbonyl (C=O) groups excluding carboxylic acids is 1. The summed E-state index contributed by atoms with van der Waals surface area (Å²) in [7, 11) is 0. The maximum absolute atomic E-state index is 13.2. The normalized spacial score (nSPS) is 40.2. The fourth-order valence-corrected chi connectivity index (χ4v) is 1.86. The molecule has 5 heteroatoms. The van der Waals surface area contributed by atoms with Crippen LogP contribution in [-0.2, 0) is 4.79 Å². The molecule has 1 saturated carbocycles. The zero-order valence-corrected chi connectivity index (χ0v) is 7.12. The van der Waals surface area contributed by atoms with Crippen molar-refractivity contribution in [2.45, 2.75) is 25.1 Å². The molecule has 1 aliphatic rings. The summed E-state index contributed by atoms with van der Waals surface area (Å²) < 4.78 is 25.5. The van der Waals surface area contributed by atoms with Gasteiger partial charge in [0.05, 0.1) is 18.7 Å². The highest BCUT2D eigenvalue weighted by Crippen LogP contribution is 2.32. The van der Waals surface area contributed by atoms with Crippen molar-refractivity contribution in [3.8, 4) is 0 Å². The molecule has 3 N–H and O–H groups in total. The molecule has 1 rings (SSSR count). The van der Waals surface area contributed by atoms with E-state index in [1.165, 1.54) is 0 Å². The van der Waals surface area contributed by atoms with E-state index in [-0.39, 0.29) is 12.8 Å². The first kappa shape index (κ1) is 10.4. The predicted octanol–water partition coefficient (Wildman–Crippen LogP) is 0.166. The summed E-state index contributed by atoms with van der Waals surface area (Å²) in [5, 5.41) is 9.12. The molecule has 0 aliphatic heterocycles. The summed E-state index contributed by atoms with van der Waals surface area (Å²) >= 11 is 0. The van der Waals surface area contributed by atoms with Gasteiger partial charge in [0.2, 0.25) is 5.91 Å². The van der Waals surface area contributed by atoms with Crippen LogP contribution in [-0.4, -0.2) is 30.0 Å². The summed E-state index contributed by atoms with van der Waals surface area (Å²) in [6.45, 7) is -0.814. The van der Waals surface area contributed by atoms with Crippen LogP contribution in [0.3, 0.4) is 0 Å². The lowest BCUT2D eigenvalue weighted by Crippen LogP contribution is -2.44. The van der Waals surface area contributed by atoms with Crippen molar-refractivity contribution >= 4 is 5.91 Å². The predicted molar refractivity (Wildman–Crippen MR) is 42.3 cm³/mol. The zero-order valence-electron chi connectivity index (χ0n) is 7.12. The minimum atomic E-state index is -1.51. The molecule has 0 bridgehead atoms. The van der Waals surface area contributed by atoms with Gasteiger partial charge in [0.1, 0.15) is 6.17 Å². The Labute approximate surface area is 74.9 Å². The molecule has 1 amide bonds. The van der Waals surface area contributed by atoms with Crippen molar-refractivity contribution in [1.82, 2.24) is 0 Å². The monoisotopic (exact) mass is 193 g/mol. The van der Waals surface area contributed by atoms with Crippen LogP contribution in [0.1, 0.15) is 12.8 Å². The summed E-state index contributed by atoms with van der Waals surface area (Å²) in [4.78, 5) is 10.8. The molecular formula is C8H13F2NO2. The van der Waals surface area contributed by atoms with E-state index < -0.39 is 36.7 Å². The Morgan fingerprint density at radius 2 is 2.15 bits per heavy atom. The van der Waals surface area contributed by atoms with E-state index in [0.29, 0.717) is 0 Å². The lowest BCUT2D eigenvalue weighted by Gasteiger charge is -2.33. The second-order valence-corrected chi connectivity index (χ2v) is 3.48. The number of hydrogen-bond donors (Lipinski definition) is 2. The minimum Gasteiger partial charge on any atom is -0.393 e. The van der Waals surface area contributed by atoms with Gasteiger partial charge in [-0.05, 0) is 6.42 Å². The van der Waals surface area contributed by atoms with Gasteiger partial charge in [-0.3, -0.25) is 9.18 Å². The van der Waals surface area contributed by atoms with Crippen LogP contribution in [0.25, 0.3) is 0 Å². The molecule has 4 atom stereocenters. The third-order valence-electron chi connectivity index (χ3n) is 2.50. The van der Waals surface area contributed by atoms with Crippen molar-refractivity contribution in [3.05, 3.63) is 0 Å². The first-order chi connectivity index (χ1) is 6.06. The second-order valence-electron chi connectivity index (χ2n) is 3.48. The highest BCUT2D eigenvalue weighted by molar-refractivity contribution is 5.77. The number of nitrogens with two attached hydrogens (primary N) is 1. The van der Waals surface area contributed by atoms with Gasteiger partial charge in [0, 0.05) is 12.3 Å². The Kier molecular flexibility index (Phi) is 3.19. The van der Waals surface area contributed by atoms with E-state index in [9.17, 15) is 13.6 Å². The van der Waals surface area contributed by atoms with Crippen molar-refractivity contribution in [3.63, 3.8) is 0 Å². The van der Waals surface area contributed by atoms with Crippen LogP contribution in [0.2, 0.25) is 0 Å². The summed E-state index contributed by atoms with van der Waals surface area (Å²) in [5.41, 5.74) is 4.94. The molecule has 76 valence electrons. The summed E-state index contributed by atoms with van der Waals surface area (Å²) in [6, 6.07) is 0. The van der Waals surface area contributed by atoms with Crippen molar-refractivity contribution in [1.29, 1.82) is 0 Å². The van der Waals surface area contributed by atoms with E-state index >= 15 is 0 Å². The van der Waals surface area contributed by atoms with Crippen LogP contribution in [0.5, 0.6) is 0 Å². The highest BCUT2D eigenvalue weighted by Gasteiger charge is 2.40. The molecule has 13 heavy (non-hydrogen) atoms. The molecule has 0 spiro atoms. The molecule has 3 nitrogen and oxygen atoms in total. The van der Waals surface area contributed by atoms with Gasteiger partial charge in [0.15, 0.2) is 0 Å². The van der Waals surface area contributed by atoms with Crippen LogP contribution >= 0.6 is 0 Å². The van der Waals surface area contributed by atoms with E-state index in [1.807, 2.05) is 0 Å².